The van der Waals surface area contributed by atoms with Crippen molar-refractivity contribution in [1.29, 1.82) is 0 Å². The monoisotopic (exact) mass is 552 g/mol. The second kappa shape index (κ2) is 11.1. The molecule has 11 heteroatoms. The van der Waals surface area contributed by atoms with Gasteiger partial charge in [-0.05, 0) is 45.2 Å². The molecule has 0 amide bonds. The van der Waals surface area contributed by atoms with E-state index < -0.39 is 12.0 Å². The van der Waals surface area contributed by atoms with Gasteiger partial charge in [0.05, 0.1) is 36.6 Å². The van der Waals surface area contributed by atoms with Crippen molar-refractivity contribution in [2.75, 3.05) is 59.0 Å². The highest BCUT2D eigenvalue weighted by Gasteiger charge is 2.35. The molecule has 0 N–H and O–H groups in total. The Labute approximate surface area is 230 Å². The summed E-state index contributed by atoms with van der Waals surface area (Å²) in [7, 11) is 5.21. The number of likely N-dealkylation sites (N-methyl/N-ethyl adjacent to an activating group) is 1. The normalized spacial score (nSPS) is 18.1. The number of hydrogen-bond acceptors (Lipinski definition) is 10. The number of carbonyl (C=O) groups excluding carboxylic acids is 1. The number of anilines is 1. The topological polar surface area (TPSA) is 98.7 Å². The summed E-state index contributed by atoms with van der Waals surface area (Å²) in [6, 6.07) is 8.27. The zero-order valence-corrected chi connectivity index (χ0v) is 23.5. The van der Waals surface area contributed by atoms with E-state index in [9.17, 15) is 9.59 Å². The van der Waals surface area contributed by atoms with Crippen molar-refractivity contribution in [3.8, 4) is 11.5 Å². The van der Waals surface area contributed by atoms with Gasteiger partial charge in [-0.3, -0.25) is 9.36 Å². The van der Waals surface area contributed by atoms with Gasteiger partial charge in [0, 0.05) is 43.9 Å². The van der Waals surface area contributed by atoms with Gasteiger partial charge >= 0.3 is 5.97 Å². The lowest BCUT2D eigenvalue weighted by atomic mass is 9.95. The quantitative estimate of drug-likeness (QED) is 0.412. The third-order valence-corrected chi connectivity index (χ3v) is 7.93. The molecule has 39 heavy (non-hydrogen) atoms. The predicted octanol–water partition coefficient (Wildman–Crippen LogP) is 2.16. The first-order chi connectivity index (χ1) is 18.8. The number of carbonyl (C=O) groups is 1. The summed E-state index contributed by atoms with van der Waals surface area (Å²) in [5.41, 5.74) is 1.06. The van der Waals surface area contributed by atoms with Gasteiger partial charge < -0.3 is 28.4 Å². The van der Waals surface area contributed by atoms with Gasteiger partial charge in [-0.25, -0.2) is 9.79 Å². The van der Waals surface area contributed by atoms with Crippen LogP contribution >= 0.6 is 11.3 Å². The standard InChI is InChI=1S/C28H32N4O6S/c1-6-37-27(34)24-17(2)29-28-32(25(24)20-15-18(35-4)7-9-21(20)36-5)26(33)22(39-28)16-19-8-10-23(38-19)31-13-11-30(3)12-14-31/h7-10,15-16,25H,6,11-14H2,1-5H3/b22-16-. The molecule has 0 bridgehead atoms. The van der Waals surface area contributed by atoms with Crippen molar-refractivity contribution in [3.05, 3.63) is 72.6 Å². The fraction of sp³-hybridized carbons (Fsp3) is 0.393. The van der Waals surface area contributed by atoms with Gasteiger partial charge in [0.25, 0.3) is 5.56 Å². The Kier molecular flexibility index (Phi) is 7.62. The molecule has 4 heterocycles. The first-order valence-electron chi connectivity index (χ1n) is 12.8. The largest absolute Gasteiger partial charge is 0.497 e. The number of hydrogen-bond donors (Lipinski definition) is 0. The number of thiazole rings is 1. The lowest BCUT2D eigenvalue weighted by Crippen LogP contribution is -2.44. The molecule has 3 aromatic rings. The maximum atomic E-state index is 13.9. The first-order valence-corrected chi connectivity index (χ1v) is 13.6. The van der Waals surface area contributed by atoms with Crippen molar-refractivity contribution in [2.45, 2.75) is 19.9 Å². The van der Waals surface area contributed by atoms with Gasteiger partial charge in [0.2, 0.25) is 0 Å². The van der Waals surface area contributed by atoms with E-state index in [1.165, 1.54) is 15.9 Å². The number of nitrogens with zero attached hydrogens (tertiary/aromatic N) is 4. The number of fused-ring (bicyclic) bond motifs is 1. The predicted molar refractivity (Wildman–Crippen MR) is 148 cm³/mol. The maximum Gasteiger partial charge on any atom is 0.338 e. The third kappa shape index (κ3) is 5.11. The Hall–Kier alpha value is -3.83. The Balaban J connectivity index is 1.63. The van der Waals surface area contributed by atoms with Crippen LogP contribution in [0.4, 0.5) is 5.88 Å². The number of benzene rings is 1. The Morgan fingerprint density at radius 3 is 2.62 bits per heavy atom. The number of furan rings is 1. The smallest absolute Gasteiger partial charge is 0.338 e. The van der Waals surface area contributed by atoms with Crippen LogP contribution in [0.1, 0.15) is 31.2 Å². The summed E-state index contributed by atoms with van der Waals surface area (Å²) in [6.45, 7) is 7.36. The average Bonchev–Trinajstić information content (AvgIpc) is 3.52. The SMILES string of the molecule is CCOC(=O)C1=C(C)N=c2s/c(=C\c3ccc(N4CCN(C)CC4)o3)c(=O)n2C1c1cc(OC)ccc1OC. The molecular formula is C28H32N4O6S. The molecule has 2 aliphatic heterocycles. The number of allylic oxidation sites excluding steroid dienone is 1. The number of esters is 1. The van der Waals surface area contributed by atoms with Crippen LogP contribution in [0.15, 0.2) is 55.8 Å². The summed E-state index contributed by atoms with van der Waals surface area (Å²) in [5, 5.41) is 0. The lowest BCUT2D eigenvalue weighted by Gasteiger charge is -2.32. The average molecular weight is 553 g/mol. The van der Waals surface area contributed by atoms with Crippen molar-refractivity contribution in [3.63, 3.8) is 0 Å². The Morgan fingerprint density at radius 2 is 1.92 bits per heavy atom. The summed E-state index contributed by atoms with van der Waals surface area (Å²) in [6.07, 6.45) is 1.73. The zero-order valence-electron chi connectivity index (χ0n) is 22.7. The molecule has 2 aromatic heterocycles. The van der Waals surface area contributed by atoms with E-state index in [4.69, 9.17) is 18.6 Å². The van der Waals surface area contributed by atoms with Crippen LogP contribution in [-0.4, -0.2) is 69.5 Å². The van der Waals surface area contributed by atoms with Crippen LogP contribution in [0.5, 0.6) is 11.5 Å². The molecule has 0 spiro atoms. The minimum atomic E-state index is -0.815. The molecule has 1 aromatic carbocycles. The van der Waals surface area contributed by atoms with E-state index in [0.29, 0.717) is 37.9 Å². The number of methoxy groups -OCH3 is 2. The van der Waals surface area contributed by atoms with Gasteiger partial charge in [-0.2, -0.15) is 0 Å². The van der Waals surface area contributed by atoms with Crippen molar-refractivity contribution < 1.29 is 23.4 Å². The van der Waals surface area contributed by atoms with E-state index in [0.717, 1.165) is 32.1 Å². The molecule has 10 nitrogen and oxygen atoms in total. The minimum absolute atomic E-state index is 0.191. The minimum Gasteiger partial charge on any atom is -0.497 e. The summed E-state index contributed by atoms with van der Waals surface area (Å²) in [5.74, 6) is 1.89. The second-order valence-corrected chi connectivity index (χ2v) is 10.4. The van der Waals surface area contributed by atoms with Crippen molar-refractivity contribution >= 4 is 29.3 Å². The molecule has 0 radical (unpaired) electrons. The summed E-state index contributed by atoms with van der Waals surface area (Å²) in [4.78, 5) is 36.7. The van der Waals surface area contributed by atoms with E-state index in [1.807, 2.05) is 12.1 Å². The highest BCUT2D eigenvalue weighted by molar-refractivity contribution is 7.07. The van der Waals surface area contributed by atoms with E-state index in [2.05, 4.69) is 21.8 Å². The van der Waals surface area contributed by atoms with Gasteiger partial charge in [0.15, 0.2) is 10.7 Å². The molecule has 1 atom stereocenters. The molecule has 206 valence electrons. The van der Waals surface area contributed by atoms with Crippen LogP contribution in [-0.2, 0) is 9.53 Å². The first kappa shape index (κ1) is 26.8. The van der Waals surface area contributed by atoms with Gasteiger partial charge in [-0.15, -0.1) is 0 Å². The Morgan fingerprint density at radius 1 is 1.15 bits per heavy atom. The van der Waals surface area contributed by atoms with Crippen molar-refractivity contribution in [1.82, 2.24) is 9.47 Å². The Bertz CT molecular complexity index is 1590. The number of aromatic nitrogens is 1. The molecule has 0 aliphatic carbocycles. The molecule has 1 unspecified atom stereocenters. The van der Waals surface area contributed by atoms with Crippen LogP contribution in [0.2, 0.25) is 0 Å². The fourth-order valence-corrected chi connectivity index (χ4v) is 5.91. The third-order valence-electron chi connectivity index (χ3n) is 6.95. The molecule has 1 saturated heterocycles. The molecule has 0 saturated carbocycles. The lowest BCUT2D eigenvalue weighted by molar-refractivity contribution is -0.139. The van der Waals surface area contributed by atoms with E-state index >= 15 is 0 Å². The van der Waals surface area contributed by atoms with Crippen molar-refractivity contribution in [2.24, 2.45) is 4.99 Å². The summed E-state index contributed by atoms with van der Waals surface area (Å²) >= 11 is 1.24. The van der Waals surface area contributed by atoms with E-state index in [-0.39, 0.29) is 17.7 Å². The molecule has 2 aliphatic rings. The van der Waals surface area contributed by atoms with Crippen LogP contribution in [0.25, 0.3) is 6.08 Å². The van der Waals surface area contributed by atoms with Gasteiger partial charge in [-0.1, -0.05) is 11.3 Å². The van der Waals surface area contributed by atoms with Crippen LogP contribution in [0, 0.1) is 0 Å². The molecular weight excluding hydrogens is 520 g/mol. The second-order valence-electron chi connectivity index (χ2n) is 9.38. The van der Waals surface area contributed by atoms with Crippen LogP contribution < -0.4 is 29.3 Å². The number of rotatable bonds is 7. The van der Waals surface area contributed by atoms with Gasteiger partial charge in [0.1, 0.15) is 23.3 Å². The fourth-order valence-electron chi connectivity index (χ4n) is 4.88. The van der Waals surface area contributed by atoms with E-state index in [1.54, 1.807) is 52.3 Å². The van der Waals surface area contributed by atoms with Crippen LogP contribution in [0.3, 0.4) is 0 Å². The molecule has 1 fully saturated rings. The maximum absolute atomic E-state index is 13.9. The highest BCUT2D eigenvalue weighted by atomic mass is 32.1. The highest BCUT2D eigenvalue weighted by Crippen LogP contribution is 2.37. The molecule has 5 rings (SSSR count). The number of ether oxygens (including phenoxy) is 3. The summed E-state index contributed by atoms with van der Waals surface area (Å²) < 4.78 is 24.5. The number of piperazine rings is 1. The zero-order chi connectivity index (χ0) is 27.7.